The lowest BCUT2D eigenvalue weighted by molar-refractivity contribution is 0.197. The number of amidine groups is 1. The highest BCUT2D eigenvalue weighted by Gasteiger charge is 2.14. The molecule has 0 saturated carbocycles. The van der Waals surface area contributed by atoms with Crippen LogP contribution in [0.3, 0.4) is 0 Å². The van der Waals surface area contributed by atoms with Gasteiger partial charge in [-0.15, -0.1) is 0 Å². The smallest absolute Gasteiger partial charge is 0.225 e. The van der Waals surface area contributed by atoms with Gasteiger partial charge in [0.2, 0.25) is 5.88 Å². The van der Waals surface area contributed by atoms with Gasteiger partial charge in [-0.3, -0.25) is 5.41 Å². The fraction of sp³-hybridized carbons (Fsp3) is 0.600. The first-order chi connectivity index (χ1) is 9.06. The molecule has 19 heavy (non-hydrogen) atoms. The Hall–Kier alpha value is -1.58. The van der Waals surface area contributed by atoms with Gasteiger partial charge in [-0.25, -0.2) is 4.98 Å². The van der Waals surface area contributed by atoms with E-state index in [0.717, 1.165) is 18.4 Å². The van der Waals surface area contributed by atoms with Crippen molar-refractivity contribution in [2.24, 2.45) is 5.73 Å². The fourth-order valence-electron chi connectivity index (χ4n) is 2.06. The maximum atomic E-state index is 7.61. The molecule has 0 radical (unpaired) electrons. The Bertz CT molecular complexity index is 418. The van der Waals surface area contributed by atoms with Crippen molar-refractivity contribution in [3.63, 3.8) is 0 Å². The minimum absolute atomic E-state index is 0.0128. The van der Waals surface area contributed by atoms with Crippen LogP contribution in [0.5, 0.6) is 5.88 Å². The Morgan fingerprint density at radius 3 is 2.79 bits per heavy atom. The van der Waals surface area contributed by atoms with Crippen LogP contribution in [-0.4, -0.2) is 16.9 Å². The Kier molecular flexibility index (Phi) is 6.33. The second-order valence-corrected chi connectivity index (χ2v) is 5.00. The average molecular weight is 263 g/mol. The molecule has 1 heterocycles. The predicted octanol–water partition coefficient (Wildman–Crippen LogP) is 3.41. The second kappa shape index (κ2) is 7.77. The third-order valence-electron chi connectivity index (χ3n) is 3.17. The van der Waals surface area contributed by atoms with Crippen molar-refractivity contribution >= 4 is 5.84 Å². The molecule has 0 aromatic carbocycles. The van der Waals surface area contributed by atoms with E-state index in [2.05, 4.69) is 11.9 Å². The third kappa shape index (κ3) is 4.89. The third-order valence-corrected chi connectivity index (χ3v) is 3.17. The summed E-state index contributed by atoms with van der Waals surface area (Å²) in [5, 5.41) is 7.61. The van der Waals surface area contributed by atoms with Gasteiger partial charge in [-0.05, 0) is 38.3 Å². The topological polar surface area (TPSA) is 72.0 Å². The molecule has 1 unspecified atom stereocenters. The van der Waals surface area contributed by atoms with Crippen LogP contribution < -0.4 is 10.5 Å². The molecule has 3 N–H and O–H groups in total. The predicted molar refractivity (Wildman–Crippen MR) is 78.8 cm³/mol. The number of nitrogens with zero attached hydrogens (tertiary/aromatic N) is 1. The minimum Gasteiger partial charge on any atom is -0.474 e. The van der Waals surface area contributed by atoms with E-state index in [0.29, 0.717) is 11.4 Å². The van der Waals surface area contributed by atoms with Gasteiger partial charge in [0.25, 0.3) is 0 Å². The number of nitrogen functional groups attached to an aromatic ring is 1. The van der Waals surface area contributed by atoms with Crippen LogP contribution >= 0.6 is 0 Å². The molecule has 0 saturated heterocycles. The van der Waals surface area contributed by atoms with Crippen molar-refractivity contribution in [3.8, 4) is 5.88 Å². The zero-order valence-electron chi connectivity index (χ0n) is 12.2. The summed E-state index contributed by atoms with van der Waals surface area (Å²) >= 11 is 0. The molecule has 0 aliphatic carbocycles. The zero-order valence-corrected chi connectivity index (χ0v) is 12.2. The van der Waals surface area contributed by atoms with E-state index < -0.39 is 0 Å². The zero-order chi connectivity index (χ0) is 14.3. The summed E-state index contributed by atoms with van der Waals surface area (Å²) in [6.07, 6.45) is 7.72. The molecule has 0 bridgehead atoms. The Morgan fingerprint density at radius 2 is 2.16 bits per heavy atom. The maximum Gasteiger partial charge on any atom is 0.225 e. The molecule has 1 rings (SSSR count). The van der Waals surface area contributed by atoms with Crippen LogP contribution in [-0.2, 0) is 0 Å². The van der Waals surface area contributed by atoms with E-state index >= 15 is 0 Å². The summed E-state index contributed by atoms with van der Waals surface area (Å²) in [7, 11) is 0. The summed E-state index contributed by atoms with van der Waals surface area (Å²) in [4.78, 5) is 4.20. The molecule has 0 spiro atoms. The number of nitrogens with two attached hydrogens (primary N) is 1. The van der Waals surface area contributed by atoms with Crippen LogP contribution in [0.15, 0.2) is 12.3 Å². The van der Waals surface area contributed by atoms with Crippen LogP contribution in [0, 0.1) is 12.3 Å². The van der Waals surface area contributed by atoms with E-state index in [9.17, 15) is 0 Å². The number of unbranched alkanes of at least 4 members (excludes halogenated alkanes) is 3. The second-order valence-electron chi connectivity index (χ2n) is 5.00. The molecule has 0 amide bonds. The summed E-state index contributed by atoms with van der Waals surface area (Å²) in [5.74, 6) is 0.495. The van der Waals surface area contributed by atoms with E-state index in [4.69, 9.17) is 15.9 Å². The monoisotopic (exact) mass is 263 g/mol. The number of hydrogen-bond donors (Lipinski definition) is 2. The van der Waals surface area contributed by atoms with Crippen LogP contribution in [0.2, 0.25) is 0 Å². The highest BCUT2D eigenvalue weighted by Crippen LogP contribution is 2.20. The molecule has 0 fully saturated rings. The molecule has 1 atom stereocenters. The number of aromatic nitrogens is 1. The lowest BCUT2D eigenvalue weighted by Crippen LogP contribution is -2.19. The molecule has 106 valence electrons. The number of hydrogen-bond acceptors (Lipinski definition) is 3. The molecule has 1 aromatic heterocycles. The highest BCUT2D eigenvalue weighted by molar-refractivity contribution is 5.98. The van der Waals surface area contributed by atoms with E-state index in [1.54, 1.807) is 6.20 Å². The fourth-order valence-corrected chi connectivity index (χ4v) is 2.06. The lowest BCUT2D eigenvalue weighted by Gasteiger charge is -2.17. The highest BCUT2D eigenvalue weighted by atomic mass is 16.5. The molecule has 4 heteroatoms. The van der Waals surface area contributed by atoms with Gasteiger partial charge in [0, 0.05) is 6.20 Å². The van der Waals surface area contributed by atoms with Gasteiger partial charge in [0.1, 0.15) is 5.84 Å². The van der Waals surface area contributed by atoms with Crippen molar-refractivity contribution in [2.75, 3.05) is 0 Å². The summed E-state index contributed by atoms with van der Waals surface area (Å²) in [6, 6.07) is 1.84. The molecule has 4 nitrogen and oxygen atoms in total. The van der Waals surface area contributed by atoms with Crippen molar-refractivity contribution in [3.05, 3.63) is 23.4 Å². The average Bonchev–Trinajstić information content (AvgIpc) is 2.34. The first kappa shape index (κ1) is 15.5. The molecule has 0 aliphatic rings. The van der Waals surface area contributed by atoms with Gasteiger partial charge in [-0.2, -0.15) is 0 Å². The van der Waals surface area contributed by atoms with Gasteiger partial charge >= 0.3 is 0 Å². The van der Waals surface area contributed by atoms with Gasteiger partial charge < -0.3 is 10.5 Å². The summed E-state index contributed by atoms with van der Waals surface area (Å²) in [6.45, 7) is 6.16. The Morgan fingerprint density at radius 1 is 1.42 bits per heavy atom. The van der Waals surface area contributed by atoms with E-state index in [-0.39, 0.29) is 11.9 Å². The number of ether oxygens (including phenoxy) is 1. The van der Waals surface area contributed by atoms with Crippen LogP contribution in [0.25, 0.3) is 0 Å². The van der Waals surface area contributed by atoms with E-state index in [1.807, 2.05) is 19.9 Å². The number of aryl methyl sites for hydroxylation is 1. The van der Waals surface area contributed by atoms with Gasteiger partial charge in [0.05, 0.1) is 11.7 Å². The molecule has 0 aliphatic heterocycles. The maximum absolute atomic E-state index is 7.61. The molecular formula is C15H25N3O. The molecular weight excluding hydrogens is 238 g/mol. The van der Waals surface area contributed by atoms with Crippen molar-refractivity contribution < 1.29 is 4.74 Å². The SMILES string of the molecule is CCCCCCC(C)Oc1nccc(C)c1C(=N)N. The number of rotatable bonds is 8. The standard InChI is InChI=1S/C15H25N3O/c1-4-5-6-7-8-12(3)19-15-13(14(16)17)11(2)9-10-18-15/h9-10,12H,4-8H2,1-3H3,(H3,16,17). The number of nitrogens with one attached hydrogen (secondary N) is 1. The summed E-state index contributed by atoms with van der Waals surface area (Å²) < 4.78 is 5.84. The van der Waals surface area contributed by atoms with Crippen LogP contribution in [0.4, 0.5) is 0 Å². The van der Waals surface area contributed by atoms with E-state index in [1.165, 1.54) is 19.3 Å². The minimum atomic E-state index is 0.0128. The summed E-state index contributed by atoms with van der Waals surface area (Å²) in [5.41, 5.74) is 7.13. The van der Waals surface area contributed by atoms with Gasteiger partial charge in [-0.1, -0.05) is 26.2 Å². The Labute approximate surface area is 115 Å². The largest absolute Gasteiger partial charge is 0.474 e. The first-order valence-corrected chi connectivity index (χ1v) is 7.03. The van der Waals surface area contributed by atoms with Crippen molar-refractivity contribution in [1.29, 1.82) is 5.41 Å². The first-order valence-electron chi connectivity index (χ1n) is 7.03. The van der Waals surface area contributed by atoms with Crippen molar-refractivity contribution in [1.82, 2.24) is 4.98 Å². The van der Waals surface area contributed by atoms with Gasteiger partial charge in [0.15, 0.2) is 0 Å². The van der Waals surface area contributed by atoms with Crippen molar-refractivity contribution in [2.45, 2.75) is 59.0 Å². The normalized spacial score (nSPS) is 12.2. The molecule has 1 aromatic rings. The van der Waals surface area contributed by atoms with Crippen LogP contribution in [0.1, 0.15) is 57.1 Å². The lowest BCUT2D eigenvalue weighted by atomic mass is 10.1. The number of pyridine rings is 1. The Balaban J connectivity index is 2.61. The quantitative estimate of drug-likeness (QED) is 0.429.